The first-order valence-corrected chi connectivity index (χ1v) is 6.34. The Morgan fingerprint density at radius 3 is 2.57 bits per heavy atom. The van der Waals surface area contributed by atoms with Crippen LogP contribution in [0.2, 0.25) is 5.02 Å². The Hall–Kier alpha value is -2.28. The van der Waals surface area contributed by atoms with Gasteiger partial charge in [0, 0.05) is 19.3 Å². The SMILES string of the molecule is COC(=O)c1ccc(NC(=O)N(C)CCC(=O)O)cc1Cl. The van der Waals surface area contributed by atoms with Crippen LogP contribution >= 0.6 is 11.6 Å². The fourth-order valence-electron chi connectivity index (χ4n) is 1.45. The van der Waals surface area contributed by atoms with Crippen molar-refractivity contribution in [2.24, 2.45) is 0 Å². The number of carboxylic acids is 1. The van der Waals surface area contributed by atoms with E-state index in [4.69, 9.17) is 16.7 Å². The summed E-state index contributed by atoms with van der Waals surface area (Å²) in [5.41, 5.74) is 0.580. The van der Waals surface area contributed by atoms with Crippen molar-refractivity contribution in [2.45, 2.75) is 6.42 Å². The number of nitrogens with zero attached hydrogens (tertiary/aromatic N) is 1. The second-order valence-electron chi connectivity index (χ2n) is 4.18. The summed E-state index contributed by atoms with van der Waals surface area (Å²) >= 11 is 5.93. The molecule has 0 spiro atoms. The van der Waals surface area contributed by atoms with Gasteiger partial charge in [0.25, 0.3) is 0 Å². The maximum absolute atomic E-state index is 11.8. The molecule has 0 atom stereocenters. The number of urea groups is 1. The highest BCUT2D eigenvalue weighted by molar-refractivity contribution is 6.33. The summed E-state index contributed by atoms with van der Waals surface area (Å²) < 4.78 is 4.56. The van der Waals surface area contributed by atoms with Gasteiger partial charge in [-0.3, -0.25) is 4.79 Å². The van der Waals surface area contributed by atoms with E-state index in [0.29, 0.717) is 5.69 Å². The van der Waals surface area contributed by atoms with Crippen LogP contribution in [-0.4, -0.2) is 48.7 Å². The lowest BCUT2D eigenvalue weighted by molar-refractivity contribution is -0.137. The van der Waals surface area contributed by atoms with Crippen molar-refractivity contribution in [1.82, 2.24) is 4.90 Å². The molecule has 21 heavy (non-hydrogen) atoms. The highest BCUT2D eigenvalue weighted by Gasteiger charge is 2.14. The highest BCUT2D eigenvalue weighted by Crippen LogP contribution is 2.21. The van der Waals surface area contributed by atoms with E-state index in [1.807, 2.05) is 0 Å². The Morgan fingerprint density at radius 1 is 1.38 bits per heavy atom. The molecule has 8 heteroatoms. The molecule has 0 aliphatic heterocycles. The number of nitrogens with one attached hydrogen (secondary N) is 1. The number of benzene rings is 1. The second kappa shape index (κ2) is 7.49. The number of carboxylic acid groups (broad SMARTS) is 1. The van der Waals surface area contributed by atoms with E-state index in [1.165, 1.54) is 37.3 Å². The van der Waals surface area contributed by atoms with Gasteiger partial charge >= 0.3 is 18.0 Å². The summed E-state index contributed by atoms with van der Waals surface area (Å²) in [6.45, 7) is 0.0785. The third kappa shape index (κ3) is 4.96. The topological polar surface area (TPSA) is 95.9 Å². The van der Waals surface area contributed by atoms with Crippen molar-refractivity contribution in [3.63, 3.8) is 0 Å². The number of esters is 1. The van der Waals surface area contributed by atoms with Gasteiger partial charge in [-0.25, -0.2) is 9.59 Å². The molecule has 0 radical (unpaired) electrons. The Bertz CT molecular complexity index is 561. The number of hydrogen-bond acceptors (Lipinski definition) is 4. The summed E-state index contributed by atoms with van der Waals surface area (Å²) in [6, 6.07) is 3.87. The van der Waals surface area contributed by atoms with Gasteiger partial charge in [-0.05, 0) is 18.2 Å². The van der Waals surface area contributed by atoms with Gasteiger partial charge in [0.05, 0.1) is 24.1 Å². The normalized spacial score (nSPS) is 9.86. The number of rotatable bonds is 5. The van der Waals surface area contributed by atoms with Crippen LogP contribution in [0.1, 0.15) is 16.8 Å². The zero-order valence-corrected chi connectivity index (χ0v) is 12.3. The largest absolute Gasteiger partial charge is 0.481 e. The minimum absolute atomic E-state index is 0.0785. The van der Waals surface area contributed by atoms with Crippen molar-refractivity contribution in [2.75, 3.05) is 26.0 Å². The van der Waals surface area contributed by atoms with Gasteiger partial charge in [-0.15, -0.1) is 0 Å². The Kier molecular flexibility index (Phi) is 5.98. The Morgan fingerprint density at radius 2 is 2.05 bits per heavy atom. The van der Waals surface area contributed by atoms with Crippen molar-refractivity contribution >= 4 is 35.3 Å². The molecule has 1 aromatic rings. The van der Waals surface area contributed by atoms with Crippen LogP contribution in [0.15, 0.2) is 18.2 Å². The van der Waals surface area contributed by atoms with Gasteiger partial charge in [0.1, 0.15) is 0 Å². The first kappa shape index (κ1) is 16.8. The molecule has 0 saturated heterocycles. The molecule has 0 aliphatic rings. The third-order valence-corrected chi connectivity index (χ3v) is 2.95. The van der Waals surface area contributed by atoms with Crippen molar-refractivity contribution in [3.8, 4) is 0 Å². The van der Waals surface area contributed by atoms with E-state index >= 15 is 0 Å². The molecule has 0 bridgehead atoms. The number of amides is 2. The number of aliphatic carboxylic acids is 1. The Balaban J connectivity index is 2.71. The molecule has 1 aromatic carbocycles. The smallest absolute Gasteiger partial charge is 0.339 e. The van der Waals surface area contributed by atoms with Crippen molar-refractivity contribution < 1.29 is 24.2 Å². The number of hydrogen-bond donors (Lipinski definition) is 2. The van der Waals surface area contributed by atoms with Crippen LogP contribution in [-0.2, 0) is 9.53 Å². The highest BCUT2D eigenvalue weighted by atomic mass is 35.5. The van der Waals surface area contributed by atoms with Gasteiger partial charge in [0.15, 0.2) is 0 Å². The second-order valence-corrected chi connectivity index (χ2v) is 4.59. The molecule has 0 aliphatic carbocycles. The Labute approximate surface area is 126 Å². The van der Waals surface area contributed by atoms with E-state index in [-0.39, 0.29) is 23.6 Å². The molecule has 0 fully saturated rings. The molecular weight excluding hydrogens is 300 g/mol. The monoisotopic (exact) mass is 314 g/mol. The molecule has 0 saturated carbocycles. The molecule has 1 rings (SSSR count). The third-order valence-electron chi connectivity index (χ3n) is 2.63. The van der Waals surface area contributed by atoms with E-state index in [0.717, 1.165) is 0 Å². The van der Waals surface area contributed by atoms with Crippen molar-refractivity contribution in [3.05, 3.63) is 28.8 Å². The summed E-state index contributed by atoms with van der Waals surface area (Å²) in [5, 5.41) is 11.3. The van der Waals surface area contributed by atoms with Crippen LogP contribution in [0.5, 0.6) is 0 Å². The van der Waals surface area contributed by atoms with E-state index in [9.17, 15) is 14.4 Å². The predicted octanol–water partition coefficient (Wildman–Crippen LogP) is 2.06. The number of methoxy groups -OCH3 is 1. The summed E-state index contributed by atoms with van der Waals surface area (Å²) in [5.74, 6) is -1.56. The van der Waals surface area contributed by atoms with Crippen molar-refractivity contribution in [1.29, 1.82) is 0 Å². The lowest BCUT2D eigenvalue weighted by atomic mass is 10.2. The average molecular weight is 315 g/mol. The number of halogens is 1. The number of carbonyl (C=O) groups excluding carboxylic acids is 2. The molecular formula is C13H15ClN2O5. The molecule has 2 N–H and O–H groups in total. The zero-order chi connectivity index (χ0) is 16.0. The summed E-state index contributed by atoms with van der Waals surface area (Å²) in [4.78, 5) is 34.8. The average Bonchev–Trinajstić information content (AvgIpc) is 2.43. The summed E-state index contributed by atoms with van der Waals surface area (Å²) in [7, 11) is 2.72. The van der Waals surface area contributed by atoms with Crippen LogP contribution in [0.3, 0.4) is 0 Å². The zero-order valence-electron chi connectivity index (χ0n) is 11.6. The van der Waals surface area contributed by atoms with Gasteiger partial charge in [-0.1, -0.05) is 11.6 Å². The van der Waals surface area contributed by atoms with Gasteiger partial charge < -0.3 is 20.1 Å². The van der Waals surface area contributed by atoms with Crippen LogP contribution in [0, 0.1) is 0 Å². The van der Waals surface area contributed by atoms with Gasteiger partial charge in [-0.2, -0.15) is 0 Å². The maximum atomic E-state index is 11.8. The number of carbonyl (C=O) groups is 3. The summed E-state index contributed by atoms with van der Waals surface area (Å²) in [6.07, 6.45) is -0.147. The van der Waals surface area contributed by atoms with E-state index < -0.39 is 18.0 Å². The lowest BCUT2D eigenvalue weighted by Gasteiger charge is -2.17. The maximum Gasteiger partial charge on any atom is 0.339 e. The quantitative estimate of drug-likeness (QED) is 0.811. The molecule has 0 aromatic heterocycles. The first-order chi connectivity index (χ1) is 9.85. The predicted molar refractivity (Wildman–Crippen MR) is 76.7 cm³/mol. The van der Waals surface area contributed by atoms with Crippen LogP contribution < -0.4 is 5.32 Å². The molecule has 7 nitrogen and oxygen atoms in total. The molecule has 0 unspecified atom stereocenters. The standard InChI is InChI=1S/C13H15ClN2O5/c1-16(6-5-11(17)18)13(20)15-8-3-4-9(10(14)7-8)12(19)21-2/h3-4,7H,5-6H2,1-2H3,(H,15,20)(H,17,18). The fraction of sp³-hybridized carbons (Fsp3) is 0.308. The van der Waals surface area contributed by atoms with Crippen LogP contribution in [0.4, 0.5) is 10.5 Å². The molecule has 2 amide bonds. The van der Waals surface area contributed by atoms with Crippen LogP contribution in [0.25, 0.3) is 0 Å². The number of ether oxygens (including phenoxy) is 1. The first-order valence-electron chi connectivity index (χ1n) is 5.97. The minimum Gasteiger partial charge on any atom is -0.481 e. The molecule has 0 heterocycles. The lowest BCUT2D eigenvalue weighted by Crippen LogP contribution is -2.33. The van der Waals surface area contributed by atoms with Gasteiger partial charge in [0.2, 0.25) is 0 Å². The minimum atomic E-state index is -0.986. The van der Waals surface area contributed by atoms with E-state index in [2.05, 4.69) is 10.1 Å². The van der Waals surface area contributed by atoms with E-state index in [1.54, 1.807) is 0 Å². The number of anilines is 1. The fourth-order valence-corrected chi connectivity index (χ4v) is 1.71. The molecule has 114 valence electrons.